The molecule has 0 aromatic heterocycles. The van der Waals surface area contributed by atoms with Crippen molar-refractivity contribution >= 4 is 17.4 Å². The molecule has 0 amide bonds. The fraction of sp³-hybridized carbons (Fsp3) is 0.533. The topological polar surface area (TPSA) is 26.3 Å². The molecular formula is C15H18ClFO2. The summed E-state index contributed by atoms with van der Waals surface area (Å²) in [6, 6.07) is 4.15. The molecule has 1 fully saturated rings. The van der Waals surface area contributed by atoms with Crippen molar-refractivity contribution in [1.29, 1.82) is 0 Å². The standard InChI is InChI=1S/C15H18ClFO2/c1-10-5-7-15(19-2,8-6-10)14(18)12-4-3-11(16)9-13(12)17/h3-4,9-10H,5-8H2,1-2H3. The number of methoxy groups -OCH3 is 1. The molecule has 4 heteroatoms. The van der Waals surface area contributed by atoms with Crippen molar-refractivity contribution in [1.82, 2.24) is 0 Å². The Balaban J connectivity index is 2.30. The first-order chi connectivity index (χ1) is 8.98. The van der Waals surface area contributed by atoms with Gasteiger partial charge in [0.2, 0.25) is 0 Å². The molecule has 0 unspecified atom stereocenters. The second-order valence-electron chi connectivity index (χ2n) is 5.33. The molecule has 0 N–H and O–H groups in total. The molecule has 1 aromatic rings. The van der Waals surface area contributed by atoms with Crippen LogP contribution in [0.5, 0.6) is 0 Å². The highest BCUT2D eigenvalue weighted by Gasteiger charge is 2.42. The number of benzene rings is 1. The Hall–Kier alpha value is -0.930. The molecule has 0 radical (unpaired) electrons. The van der Waals surface area contributed by atoms with E-state index in [2.05, 4.69) is 6.92 Å². The lowest BCUT2D eigenvalue weighted by molar-refractivity contribution is -0.0265. The van der Waals surface area contributed by atoms with Gasteiger partial charge >= 0.3 is 0 Å². The monoisotopic (exact) mass is 284 g/mol. The van der Waals surface area contributed by atoms with E-state index in [1.165, 1.54) is 25.3 Å². The zero-order valence-corrected chi connectivity index (χ0v) is 12.0. The van der Waals surface area contributed by atoms with Gasteiger partial charge in [-0.3, -0.25) is 4.79 Å². The number of ketones is 1. The minimum atomic E-state index is -0.874. The van der Waals surface area contributed by atoms with Gasteiger partial charge in [-0.25, -0.2) is 4.39 Å². The normalized spacial score (nSPS) is 27.3. The molecule has 0 heterocycles. The van der Waals surface area contributed by atoms with Gasteiger partial charge in [-0.1, -0.05) is 18.5 Å². The lowest BCUT2D eigenvalue weighted by Gasteiger charge is -2.37. The molecule has 1 saturated carbocycles. The van der Waals surface area contributed by atoms with E-state index in [0.717, 1.165) is 12.8 Å². The largest absolute Gasteiger partial charge is 0.370 e. The van der Waals surface area contributed by atoms with Gasteiger partial charge in [0.05, 0.1) is 5.56 Å². The Bertz CT molecular complexity index is 479. The first kappa shape index (κ1) is 14.5. The van der Waals surface area contributed by atoms with Gasteiger partial charge < -0.3 is 4.74 Å². The molecule has 19 heavy (non-hydrogen) atoms. The zero-order chi connectivity index (χ0) is 14.0. The Labute approximate surface area is 117 Å². The van der Waals surface area contributed by atoms with E-state index in [0.29, 0.717) is 18.8 Å². The number of Topliss-reactive ketones (excluding diaryl/α,β-unsaturated/α-hetero) is 1. The first-order valence-corrected chi connectivity index (χ1v) is 6.91. The van der Waals surface area contributed by atoms with Crippen LogP contribution in [0.15, 0.2) is 18.2 Å². The molecule has 2 rings (SSSR count). The molecule has 0 atom stereocenters. The van der Waals surface area contributed by atoms with Gasteiger partial charge in [-0.05, 0) is 49.8 Å². The van der Waals surface area contributed by atoms with Crippen LogP contribution < -0.4 is 0 Å². The van der Waals surface area contributed by atoms with E-state index in [9.17, 15) is 9.18 Å². The summed E-state index contributed by atoms with van der Waals surface area (Å²) in [5, 5.41) is 0.290. The Morgan fingerprint density at radius 3 is 2.58 bits per heavy atom. The van der Waals surface area contributed by atoms with E-state index < -0.39 is 11.4 Å². The summed E-state index contributed by atoms with van der Waals surface area (Å²) in [5.41, 5.74) is -0.804. The van der Waals surface area contributed by atoms with Crippen molar-refractivity contribution < 1.29 is 13.9 Å². The number of carbonyl (C=O) groups excluding carboxylic acids is 1. The van der Waals surface area contributed by atoms with E-state index in [1.54, 1.807) is 0 Å². The molecule has 2 nitrogen and oxygen atoms in total. The molecule has 0 bridgehead atoms. The van der Waals surface area contributed by atoms with Crippen molar-refractivity contribution in [2.75, 3.05) is 7.11 Å². The van der Waals surface area contributed by atoms with Crippen LogP contribution in [0.25, 0.3) is 0 Å². The molecule has 1 aliphatic rings. The number of halogens is 2. The maximum atomic E-state index is 13.9. The Morgan fingerprint density at radius 1 is 1.42 bits per heavy atom. The fourth-order valence-electron chi connectivity index (χ4n) is 2.67. The van der Waals surface area contributed by atoms with Crippen LogP contribution in [0.4, 0.5) is 4.39 Å². The molecule has 0 spiro atoms. The predicted molar refractivity (Wildman–Crippen MR) is 73.1 cm³/mol. The third-order valence-electron chi connectivity index (χ3n) is 4.06. The number of carbonyl (C=O) groups is 1. The molecule has 1 aromatic carbocycles. The van der Waals surface area contributed by atoms with Crippen LogP contribution in [0.3, 0.4) is 0 Å². The average molecular weight is 285 g/mol. The number of rotatable bonds is 3. The summed E-state index contributed by atoms with van der Waals surface area (Å²) in [5.74, 6) is -0.255. The lowest BCUT2D eigenvalue weighted by Crippen LogP contribution is -2.44. The van der Waals surface area contributed by atoms with Crippen molar-refractivity contribution in [3.05, 3.63) is 34.6 Å². The van der Waals surface area contributed by atoms with Gasteiger partial charge in [-0.2, -0.15) is 0 Å². The van der Waals surface area contributed by atoms with Crippen molar-refractivity contribution in [2.45, 2.75) is 38.2 Å². The lowest BCUT2D eigenvalue weighted by atomic mass is 9.75. The van der Waals surface area contributed by atoms with Crippen LogP contribution in [-0.4, -0.2) is 18.5 Å². The second kappa shape index (κ2) is 5.59. The quantitative estimate of drug-likeness (QED) is 0.775. The average Bonchev–Trinajstić information content (AvgIpc) is 2.39. The van der Waals surface area contributed by atoms with Gasteiger partial charge in [-0.15, -0.1) is 0 Å². The van der Waals surface area contributed by atoms with Crippen LogP contribution >= 0.6 is 11.6 Å². The second-order valence-corrected chi connectivity index (χ2v) is 5.77. The highest BCUT2D eigenvalue weighted by molar-refractivity contribution is 6.30. The predicted octanol–water partition coefficient (Wildman–Crippen LogP) is 4.26. The summed E-state index contributed by atoms with van der Waals surface area (Å²) in [6.45, 7) is 2.16. The minimum Gasteiger partial charge on any atom is -0.370 e. The third-order valence-corrected chi connectivity index (χ3v) is 4.30. The highest BCUT2D eigenvalue weighted by atomic mass is 35.5. The van der Waals surface area contributed by atoms with Crippen LogP contribution in [-0.2, 0) is 4.74 Å². The maximum absolute atomic E-state index is 13.9. The van der Waals surface area contributed by atoms with E-state index >= 15 is 0 Å². The molecule has 104 valence electrons. The summed E-state index contributed by atoms with van der Waals surface area (Å²) < 4.78 is 19.4. The van der Waals surface area contributed by atoms with Crippen molar-refractivity contribution in [3.63, 3.8) is 0 Å². The van der Waals surface area contributed by atoms with Gasteiger partial charge in [0.1, 0.15) is 11.4 Å². The third kappa shape index (κ3) is 2.82. The minimum absolute atomic E-state index is 0.0702. The summed E-state index contributed by atoms with van der Waals surface area (Å²) in [7, 11) is 1.53. The number of hydrogen-bond acceptors (Lipinski definition) is 2. The summed E-state index contributed by atoms with van der Waals surface area (Å²) in [4.78, 5) is 12.6. The molecule has 0 aliphatic heterocycles. The van der Waals surface area contributed by atoms with Crippen LogP contribution in [0.1, 0.15) is 43.0 Å². The molecule has 0 saturated heterocycles. The molecule has 1 aliphatic carbocycles. The zero-order valence-electron chi connectivity index (χ0n) is 11.2. The van der Waals surface area contributed by atoms with Crippen LogP contribution in [0.2, 0.25) is 5.02 Å². The van der Waals surface area contributed by atoms with Crippen LogP contribution in [0, 0.1) is 11.7 Å². The fourth-order valence-corrected chi connectivity index (χ4v) is 2.83. The van der Waals surface area contributed by atoms with Gasteiger partial charge in [0, 0.05) is 12.1 Å². The SMILES string of the molecule is COC1(C(=O)c2ccc(Cl)cc2F)CCC(C)CC1. The smallest absolute Gasteiger partial charge is 0.197 e. The summed E-state index contributed by atoms with van der Waals surface area (Å²) >= 11 is 5.71. The van der Waals surface area contributed by atoms with E-state index in [1.807, 2.05) is 0 Å². The summed E-state index contributed by atoms with van der Waals surface area (Å²) in [6.07, 6.45) is 3.14. The van der Waals surface area contributed by atoms with Crippen molar-refractivity contribution in [3.8, 4) is 0 Å². The number of ether oxygens (including phenoxy) is 1. The maximum Gasteiger partial charge on any atom is 0.197 e. The van der Waals surface area contributed by atoms with Gasteiger partial charge in [0.15, 0.2) is 5.78 Å². The molecular weight excluding hydrogens is 267 g/mol. The Morgan fingerprint density at radius 2 is 2.05 bits per heavy atom. The van der Waals surface area contributed by atoms with E-state index in [-0.39, 0.29) is 16.4 Å². The number of hydrogen-bond donors (Lipinski definition) is 0. The van der Waals surface area contributed by atoms with Crippen molar-refractivity contribution in [2.24, 2.45) is 5.92 Å². The Kier molecular flexibility index (Phi) is 4.26. The highest BCUT2D eigenvalue weighted by Crippen LogP contribution is 2.37. The van der Waals surface area contributed by atoms with Gasteiger partial charge in [0.25, 0.3) is 0 Å². The van der Waals surface area contributed by atoms with E-state index in [4.69, 9.17) is 16.3 Å². The first-order valence-electron chi connectivity index (χ1n) is 6.53.